The molecule has 1 aliphatic carbocycles. The first kappa shape index (κ1) is 21.1. The van der Waals surface area contributed by atoms with E-state index in [9.17, 15) is 9.18 Å². The second-order valence-corrected chi connectivity index (χ2v) is 8.23. The molecule has 7 heteroatoms. The van der Waals surface area contributed by atoms with Gasteiger partial charge in [0, 0.05) is 20.2 Å². The third-order valence-corrected chi connectivity index (χ3v) is 5.80. The number of halogens is 1. The molecule has 1 aromatic carbocycles. The maximum absolute atomic E-state index is 14.6. The van der Waals surface area contributed by atoms with Gasteiger partial charge in [-0.25, -0.2) is 9.37 Å². The predicted octanol–water partition coefficient (Wildman–Crippen LogP) is 4.59. The maximum atomic E-state index is 14.6. The SMILES string of the molecule is CN1CCc2cc(F)c(C(=O)Nc3cccc(C(=N)C4=CC(=N)CCCC4)n3)cc2C1.[HH]. The van der Waals surface area contributed by atoms with Crippen LogP contribution in [0.15, 0.2) is 42.0 Å². The van der Waals surface area contributed by atoms with Gasteiger partial charge in [0.05, 0.1) is 17.0 Å². The quantitative estimate of drug-likeness (QED) is 0.630. The normalized spacial score (nSPS) is 16.8. The third-order valence-electron chi connectivity index (χ3n) is 5.80. The molecule has 1 aromatic heterocycles. The van der Waals surface area contributed by atoms with E-state index in [2.05, 4.69) is 15.2 Å². The van der Waals surface area contributed by atoms with Gasteiger partial charge >= 0.3 is 0 Å². The van der Waals surface area contributed by atoms with E-state index in [0.717, 1.165) is 55.3 Å². The molecule has 1 amide bonds. The molecule has 0 unspecified atom stereocenters. The van der Waals surface area contributed by atoms with Gasteiger partial charge in [0.1, 0.15) is 11.6 Å². The fourth-order valence-corrected chi connectivity index (χ4v) is 4.07. The Morgan fingerprint density at radius 2 is 2.00 bits per heavy atom. The van der Waals surface area contributed by atoms with Crippen LogP contribution in [0.5, 0.6) is 0 Å². The Labute approximate surface area is 182 Å². The average molecular weight is 422 g/mol. The Balaban J connectivity index is 0.00000289. The van der Waals surface area contributed by atoms with Gasteiger partial charge in [0.25, 0.3) is 5.91 Å². The number of carbonyl (C=O) groups excluding carboxylic acids is 1. The van der Waals surface area contributed by atoms with Crippen molar-refractivity contribution < 1.29 is 10.6 Å². The number of benzene rings is 1. The highest BCUT2D eigenvalue weighted by Crippen LogP contribution is 2.23. The number of hydrogen-bond acceptors (Lipinski definition) is 5. The number of nitrogens with zero attached hydrogens (tertiary/aromatic N) is 2. The summed E-state index contributed by atoms with van der Waals surface area (Å²) in [6, 6.07) is 8.14. The van der Waals surface area contributed by atoms with Crippen molar-refractivity contribution in [2.24, 2.45) is 0 Å². The largest absolute Gasteiger partial charge is 0.306 e. The number of pyridine rings is 1. The molecule has 162 valence electrons. The van der Waals surface area contributed by atoms with Crippen LogP contribution < -0.4 is 5.32 Å². The molecule has 1 aliphatic heterocycles. The van der Waals surface area contributed by atoms with E-state index < -0.39 is 11.7 Å². The Hall–Kier alpha value is -3.19. The molecule has 0 saturated heterocycles. The van der Waals surface area contributed by atoms with Gasteiger partial charge in [-0.1, -0.05) is 6.07 Å². The number of allylic oxidation sites excluding steroid dienone is 2. The van der Waals surface area contributed by atoms with Gasteiger partial charge < -0.3 is 15.6 Å². The van der Waals surface area contributed by atoms with Crippen molar-refractivity contribution in [2.75, 3.05) is 18.9 Å². The first-order valence-electron chi connectivity index (χ1n) is 10.6. The number of likely N-dealkylation sites (N-methyl/N-ethyl adjacent to an activating group) is 1. The Kier molecular flexibility index (Phi) is 6.04. The lowest BCUT2D eigenvalue weighted by molar-refractivity contribution is 0.102. The van der Waals surface area contributed by atoms with E-state index in [1.54, 1.807) is 30.3 Å². The minimum absolute atomic E-state index is 0. The van der Waals surface area contributed by atoms with Gasteiger partial charge in [0.2, 0.25) is 0 Å². The molecule has 4 rings (SSSR count). The minimum Gasteiger partial charge on any atom is -0.306 e. The lowest BCUT2D eigenvalue weighted by Crippen LogP contribution is -2.27. The smallest absolute Gasteiger partial charge is 0.259 e. The lowest BCUT2D eigenvalue weighted by Gasteiger charge is -2.25. The second-order valence-electron chi connectivity index (χ2n) is 8.23. The molecule has 31 heavy (non-hydrogen) atoms. The maximum Gasteiger partial charge on any atom is 0.259 e. The van der Waals surface area contributed by atoms with Crippen molar-refractivity contribution in [3.8, 4) is 0 Å². The molecule has 0 fully saturated rings. The first-order chi connectivity index (χ1) is 14.9. The molecule has 2 heterocycles. The molecule has 6 nitrogen and oxygen atoms in total. The summed E-state index contributed by atoms with van der Waals surface area (Å²) in [5, 5.41) is 19.1. The molecule has 0 bridgehead atoms. The minimum atomic E-state index is -0.555. The summed E-state index contributed by atoms with van der Waals surface area (Å²) in [6.45, 7) is 1.56. The Morgan fingerprint density at radius 1 is 1.19 bits per heavy atom. The summed E-state index contributed by atoms with van der Waals surface area (Å²) >= 11 is 0. The van der Waals surface area contributed by atoms with Crippen LogP contribution in [0.25, 0.3) is 0 Å². The van der Waals surface area contributed by atoms with Crippen LogP contribution in [0, 0.1) is 16.6 Å². The van der Waals surface area contributed by atoms with Gasteiger partial charge in [-0.05, 0) is 86.2 Å². The molecule has 3 N–H and O–H groups in total. The van der Waals surface area contributed by atoms with Crippen molar-refractivity contribution in [3.05, 3.63) is 70.2 Å². The average Bonchev–Trinajstić information content (AvgIpc) is 2.97. The number of carbonyl (C=O) groups is 1. The molecule has 0 saturated carbocycles. The fraction of sp³-hybridized carbons (Fsp3) is 0.333. The van der Waals surface area contributed by atoms with Crippen LogP contribution in [0.1, 0.15) is 54.3 Å². The Morgan fingerprint density at radius 3 is 2.84 bits per heavy atom. The standard InChI is InChI=1S/C24H26FN5O.H2/c1-30-10-9-15-13-20(25)19(12-17(15)14-30)24(31)29-22-8-4-7-21(28-22)23(27)16-5-2-3-6-18(26)11-16;/h4,7-8,11-13,26-27H,2-3,5-6,9-10,14H2,1H3,(H,28,29,31);1H. The molecular weight excluding hydrogens is 393 g/mol. The van der Waals surface area contributed by atoms with Crippen LogP contribution in [0.2, 0.25) is 0 Å². The number of aromatic nitrogens is 1. The van der Waals surface area contributed by atoms with Crippen LogP contribution in [-0.2, 0) is 13.0 Å². The summed E-state index contributed by atoms with van der Waals surface area (Å²) in [6.07, 6.45) is 5.85. The number of rotatable bonds is 4. The number of nitrogens with one attached hydrogen (secondary N) is 3. The van der Waals surface area contributed by atoms with Gasteiger partial charge in [-0.3, -0.25) is 10.2 Å². The van der Waals surface area contributed by atoms with Crippen LogP contribution in [0.3, 0.4) is 0 Å². The second kappa shape index (κ2) is 8.89. The van der Waals surface area contributed by atoms with Crippen molar-refractivity contribution >= 4 is 23.1 Å². The first-order valence-corrected chi connectivity index (χ1v) is 10.6. The molecule has 2 aliphatic rings. The summed E-state index contributed by atoms with van der Waals surface area (Å²) in [4.78, 5) is 19.3. The molecule has 0 spiro atoms. The fourth-order valence-electron chi connectivity index (χ4n) is 4.07. The van der Waals surface area contributed by atoms with Crippen LogP contribution in [0.4, 0.5) is 10.2 Å². The van der Waals surface area contributed by atoms with Crippen LogP contribution >= 0.6 is 0 Å². The molecule has 0 atom stereocenters. The van der Waals surface area contributed by atoms with Crippen LogP contribution in [-0.4, -0.2) is 40.8 Å². The lowest BCUT2D eigenvalue weighted by atomic mass is 9.97. The van der Waals surface area contributed by atoms with Crippen molar-refractivity contribution in [3.63, 3.8) is 0 Å². The summed E-state index contributed by atoms with van der Waals surface area (Å²) in [7, 11) is 2.00. The Bertz CT molecular complexity index is 1100. The summed E-state index contributed by atoms with van der Waals surface area (Å²) in [5.74, 6) is -0.822. The van der Waals surface area contributed by atoms with E-state index in [4.69, 9.17) is 10.8 Å². The topological polar surface area (TPSA) is 92.9 Å². The summed E-state index contributed by atoms with van der Waals surface area (Å²) < 4.78 is 14.6. The summed E-state index contributed by atoms with van der Waals surface area (Å²) in [5.41, 5.74) is 3.89. The highest BCUT2D eigenvalue weighted by molar-refractivity contribution is 6.13. The van der Waals surface area contributed by atoms with Gasteiger partial charge in [0.15, 0.2) is 0 Å². The van der Waals surface area contributed by atoms with Gasteiger partial charge in [-0.2, -0.15) is 0 Å². The van der Waals surface area contributed by atoms with E-state index in [0.29, 0.717) is 18.0 Å². The highest BCUT2D eigenvalue weighted by Gasteiger charge is 2.20. The number of anilines is 1. The molecular formula is C24H28FN5O. The van der Waals surface area contributed by atoms with E-state index >= 15 is 0 Å². The van der Waals surface area contributed by atoms with Crippen molar-refractivity contribution in [1.29, 1.82) is 10.8 Å². The highest BCUT2D eigenvalue weighted by atomic mass is 19.1. The number of fused-ring (bicyclic) bond motifs is 1. The van der Waals surface area contributed by atoms with Gasteiger partial charge in [-0.15, -0.1) is 0 Å². The van der Waals surface area contributed by atoms with Crippen molar-refractivity contribution in [1.82, 2.24) is 9.88 Å². The van der Waals surface area contributed by atoms with E-state index in [-0.39, 0.29) is 18.5 Å². The zero-order chi connectivity index (χ0) is 22.0. The monoisotopic (exact) mass is 421 g/mol. The number of hydrogen-bond donors (Lipinski definition) is 3. The molecule has 0 radical (unpaired) electrons. The van der Waals surface area contributed by atoms with E-state index in [1.807, 2.05) is 7.05 Å². The number of amides is 1. The third kappa shape index (κ3) is 4.77. The van der Waals surface area contributed by atoms with E-state index in [1.165, 1.54) is 6.07 Å². The zero-order valence-electron chi connectivity index (χ0n) is 17.6. The van der Waals surface area contributed by atoms with Crippen molar-refractivity contribution in [2.45, 2.75) is 38.6 Å². The zero-order valence-corrected chi connectivity index (χ0v) is 17.6. The predicted molar refractivity (Wildman–Crippen MR) is 122 cm³/mol. The molecule has 2 aromatic rings.